The number of rotatable bonds is 6. The molecule has 0 fully saturated rings. The fourth-order valence-electron chi connectivity index (χ4n) is 1.59. The number of hydrogen-bond donors (Lipinski definition) is 2. The number of hydrogen-bond acceptors (Lipinski definition) is 2. The van der Waals surface area contributed by atoms with Gasteiger partial charge in [0, 0.05) is 6.04 Å². The molecule has 0 aliphatic carbocycles. The maximum atomic E-state index is 11.1. The summed E-state index contributed by atoms with van der Waals surface area (Å²) in [6.45, 7) is 8.94. The van der Waals surface area contributed by atoms with Crippen molar-refractivity contribution < 1.29 is 14.7 Å². The van der Waals surface area contributed by atoms with E-state index in [-0.39, 0.29) is 18.4 Å². The fourth-order valence-corrected chi connectivity index (χ4v) is 1.59. The van der Waals surface area contributed by atoms with E-state index in [0.29, 0.717) is 6.42 Å². The van der Waals surface area contributed by atoms with Crippen LogP contribution < -0.4 is 5.32 Å². The third kappa shape index (κ3) is 4.63. The Bertz CT molecular complexity index is 259. The molecule has 0 aromatic rings. The molecular formula is C11H19NO3. The second kappa shape index (κ2) is 5.53. The van der Waals surface area contributed by atoms with Gasteiger partial charge in [-0.15, -0.1) is 0 Å². The Balaban J connectivity index is 4.56. The van der Waals surface area contributed by atoms with E-state index >= 15 is 0 Å². The number of aliphatic carboxylic acids is 1. The third-order valence-electron chi connectivity index (χ3n) is 2.46. The Morgan fingerprint density at radius 1 is 1.53 bits per heavy atom. The number of carboxylic acid groups (broad SMARTS) is 1. The molecule has 0 saturated heterocycles. The molecule has 0 aromatic carbocycles. The van der Waals surface area contributed by atoms with Crippen LogP contribution in [0.1, 0.15) is 33.6 Å². The summed E-state index contributed by atoms with van der Waals surface area (Å²) in [4.78, 5) is 21.8. The quantitative estimate of drug-likeness (QED) is 0.658. The predicted molar refractivity (Wildman–Crippen MR) is 58.5 cm³/mol. The van der Waals surface area contributed by atoms with Crippen molar-refractivity contribution in [3.63, 3.8) is 0 Å². The van der Waals surface area contributed by atoms with Gasteiger partial charge in [0.15, 0.2) is 0 Å². The van der Waals surface area contributed by atoms with Crippen LogP contribution in [0.4, 0.5) is 0 Å². The lowest BCUT2D eigenvalue weighted by atomic mass is 9.80. The van der Waals surface area contributed by atoms with Gasteiger partial charge in [-0.25, -0.2) is 0 Å². The molecule has 86 valence electrons. The van der Waals surface area contributed by atoms with Crippen molar-refractivity contribution in [2.75, 3.05) is 0 Å². The molecule has 15 heavy (non-hydrogen) atoms. The van der Waals surface area contributed by atoms with Crippen LogP contribution in [-0.2, 0) is 9.59 Å². The Kier molecular flexibility index (Phi) is 5.05. The van der Waals surface area contributed by atoms with Crippen molar-refractivity contribution >= 4 is 11.9 Å². The predicted octanol–water partition coefficient (Wildman–Crippen LogP) is 1.57. The number of nitrogens with one attached hydrogen (secondary N) is 1. The minimum atomic E-state index is -0.855. The standard InChI is InChI=1S/C11H19NO3/c1-5-8(12-9(13)6-2)11(3,4)7-10(14)15/h6,8H,2,5,7H2,1,3-4H3,(H,12,13)(H,14,15). The van der Waals surface area contributed by atoms with Crippen molar-refractivity contribution in [2.24, 2.45) is 5.41 Å². The summed E-state index contributed by atoms with van der Waals surface area (Å²) in [6.07, 6.45) is 1.92. The molecule has 0 aliphatic heterocycles. The molecule has 0 rings (SSSR count). The van der Waals surface area contributed by atoms with Crippen LogP contribution in [0.25, 0.3) is 0 Å². The molecule has 0 saturated carbocycles. The Morgan fingerprint density at radius 2 is 2.07 bits per heavy atom. The van der Waals surface area contributed by atoms with E-state index in [4.69, 9.17) is 5.11 Å². The highest BCUT2D eigenvalue weighted by molar-refractivity contribution is 5.87. The van der Waals surface area contributed by atoms with Gasteiger partial charge < -0.3 is 10.4 Å². The number of carbonyl (C=O) groups excluding carboxylic acids is 1. The average Bonchev–Trinajstić information content (AvgIpc) is 2.11. The van der Waals surface area contributed by atoms with E-state index < -0.39 is 11.4 Å². The number of carboxylic acids is 1. The summed E-state index contributed by atoms with van der Waals surface area (Å²) in [5, 5.41) is 11.5. The smallest absolute Gasteiger partial charge is 0.303 e. The van der Waals surface area contributed by atoms with Crippen molar-refractivity contribution in [1.29, 1.82) is 0 Å². The van der Waals surface area contributed by atoms with Gasteiger partial charge in [0.1, 0.15) is 0 Å². The van der Waals surface area contributed by atoms with Crippen molar-refractivity contribution in [3.05, 3.63) is 12.7 Å². The summed E-state index contributed by atoms with van der Waals surface area (Å²) in [5.41, 5.74) is -0.459. The molecule has 0 aliphatic rings. The van der Waals surface area contributed by atoms with E-state index in [1.165, 1.54) is 6.08 Å². The summed E-state index contributed by atoms with van der Waals surface area (Å²) >= 11 is 0. The van der Waals surface area contributed by atoms with Crippen molar-refractivity contribution in [3.8, 4) is 0 Å². The van der Waals surface area contributed by atoms with Gasteiger partial charge in [-0.3, -0.25) is 9.59 Å². The minimum absolute atomic E-state index is 0.0307. The molecule has 0 spiro atoms. The van der Waals surface area contributed by atoms with Gasteiger partial charge in [-0.1, -0.05) is 27.4 Å². The van der Waals surface area contributed by atoms with E-state index in [0.717, 1.165) is 0 Å². The summed E-state index contributed by atoms with van der Waals surface area (Å²) < 4.78 is 0. The van der Waals surface area contributed by atoms with Gasteiger partial charge >= 0.3 is 5.97 Å². The van der Waals surface area contributed by atoms with Crippen LogP contribution >= 0.6 is 0 Å². The molecule has 0 heterocycles. The number of carbonyl (C=O) groups is 2. The highest BCUT2D eigenvalue weighted by atomic mass is 16.4. The monoisotopic (exact) mass is 213 g/mol. The summed E-state index contributed by atoms with van der Waals surface area (Å²) in [6, 6.07) is -0.154. The van der Waals surface area contributed by atoms with Crippen LogP contribution in [-0.4, -0.2) is 23.0 Å². The molecule has 1 atom stereocenters. The largest absolute Gasteiger partial charge is 0.481 e. The van der Waals surface area contributed by atoms with E-state index in [2.05, 4.69) is 11.9 Å². The van der Waals surface area contributed by atoms with Crippen LogP contribution in [0.5, 0.6) is 0 Å². The normalized spacial score (nSPS) is 13.0. The molecule has 0 radical (unpaired) electrons. The zero-order valence-corrected chi connectivity index (χ0v) is 9.54. The first-order valence-corrected chi connectivity index (χ1v) is 4.98. The van der Waals surface area contributed by atoms with Crippen LogP contribution in [0.2, 0.25) is 0 Å². The van der Waals surface area contributed by atoms with Crippen LogP contribution in [0.15, 0.2) is 12.7 Å². The second-order valence-corrected chi connectivity index (χ2v) is 4.23. The molecule has 1 amide bonds. The Morgan fingerprint density at radius 3 is 2.40 bits per heavy atom. The minimum Gasteiger partial charge on any atom is -0.481 e. The number of amides is 1. The topological polar surface area (TPSA) is 66.4 Å². The van der Waals surface area contributed by atoms with E-state index in [9.17, 15) is 9.59 Å². The first-order chi connectivity index (χ1) is 6.83. The molecule has 0 bridgehead atoms. The molecule has 1 unspecified atom stereocenters. The fraction of sp³-hybridized carbons (Fsp3) is 0.636. The van der Waals surface area contributed by atoms with Gasteiger partial charge in [0.05, 0.1) is 6.42 Å². The van der Waals surface area contributed by atoms with Gasteiger partial charge in [-0.2, -0.15) is 0 Å². The van der Waals surface area contributed by atoms with Crippen LogP contribution in [0, 0.1) is 5.41 Å². The molecular weight excluding hydrogens is 194 g/mol. The van der Waals surface area contributed by atoms with Crippen LogP contribution in [0.3, 0.4) is 0 Å². The lowest BCUT2D eigenvalue weighted by Gasteiger charge is -2.32. The average molecular weight is 213 g/mol. The van der Waals surface area contributed by atoms with E-state index in [1.54, 1.807) is 0 Å². The maximum absolute atomic E-state index is 11.1. The van der Waals surface area contributed by atoms with Gasteiger partial charge in [0.2, 0.25) is 5.91 Å². The highest BCUT2D eigenvalue weighted by Crippen LogP contribution is 2.27. The SMILES string of the molecule is C=CC(=O)NC(CC)C(C)(C)CC(=O)O. The van der Waals surface area contributed by atoms with Gasteiger partial charge in [0.25, 0.3) is 0 Å². The Hall–Kier alpha value is -1.32. The lowest BCUT2D eigenvalue weighted by Crippen LogP contribution is -2.45. The van der Waals surface area contributed by atoms with Crippen molar-refractivity contribution in [2.45, 2.75) is 39.7 Å². The second-order valence-electron chi connectivity index (χ2n) is 4.23. The molecule has 0 aromatic heterocycles. The zero-order chi connectivity index (χ0) is 12.1. The third-order valence-corrected chi connectivity index (χ3v) is 2.46. The molecule has 4 heteroatoms. The Labute approximate surface area is 90.4 Å². The zero-order valence-electron chi connectivity index (χ0n) is 9.54. The van der Waals surface area contributed by atoms with Crippen molar-refractivity contribution in [1.82, 2.24) is 5.32 Å². The lowest BCUT2D eigenvalue weighted by molar-refractivity contribution is -0.140. The maximum Gasteiger partial charge on any atom is 0.303 e. The summed E-state index contributed by atoms with van der Waals surface area (Å²) in [5.74, 6) is -1.12. The summed E-state index contributed by atoms with van der Waals surface area (Å²) in [7, 11) is 0. The molecule has 4 nitrogen and oxygen atoms in total. The highest BCUT2D eigenvalue weighted by Gasteiger charge is 2.31. The van der Waals surface area contributed by atoms with Gasteiger partial charge in [-0.05, 0) is 17.9 Å². The first-order valence-electron chi connectivity index (χ1n) is 4.98. The molecule has 2 N–H and O–H groups in total. The van der Waals surface area contributed by atoms with E-state index in [1.807, 2.05) is 20.8 Å². The first kappa shape index (κ1) is 13.7.